The van der Waals surface area contributed by atoms with E-state index in [9.17, 15) is 9.59 Å². The molecule has 0 unspecified atom stereocenters. The molecule has 0 radical (unpaired) electrons. The minimum atomic E-state index is -0.186. The molecule has 0 atom stereocenters. The van der Waals surface area contributed by atoms with Gasteiger partial charge in [0.25, 0.3) is 0 Å². The smallest absolute Gasteiger partial charge is 0.306 e. The van der Waals surface area contributed by atoms with Crippen molar-refractivity contribution >= 4 is 17.8 Å². The number of carbonyl (C=O) groups excluding carboxylic acids is 2. The van der Waals surface area contributed by atoms with Gasteiger partial charge in [-0.3, -0.25) is 14.9 Å². The Kier molecular flexibility index (Phi) is 6.62. The maximum atomic E-state index is 12.7. The molecule has 8 nitrogen and oxygen atoms in total. The SMILES string of the molecule is COC(=O)CCN1CCC(C(=O)Nc2nccn2C2CCNCC2)CC1. The molecule has 1 amide bonds. The highest BCUT2D eigenvalue weighted by Gasteiger charge is 2.27. The lowest BCUT2D eigenvalue weighted by Crippen LogP contribution is -2.39. The van der Waals surface area contributed by atoms with E-state index < -0.39 is 0 Å². The Morgan fingerprint density at radius 2 is 2.00 bits per heavy atom. The number of carbonyl (C=O) groups is 2. The molecule has 2 N–H and O–H groups in total. The number of hydrogen-bond donors (Lipinski definition) is 2. The minimum absolute atomic E-state index is 0.00236. The summed E-state index contributed by atoms with van der Waals surface area (Å²) in [4.78, 5) is 30.5. The number of amides is 1. The van der Waals surface area contributed by atoms with E-state index in [4.69, 9.17) is 0 Å². The Morgan fingerprint density at radius 3 is 2.69 bits per heavy atom. The number of aromatic nitrogens is 2. The molecule has 2 fully saturated rings. The van der Waals surface area contributed by atoms with Crippen LogP contribution in [-0.2, 0) is 14.3 Å². The van der Waals surface area contributed by atoms with E-state index in [1.807, 2.05) is 6.20 Å². The van der Waals surface area contributed by atoms with Crippen molar-refractivity contribution in [3.63, 3.8) is 0 Å². The van der Waals surface area contributed by atoms with Gasteiger partial charge in [-0.25, -0.2) is 4.98 Å². The van der Waals surface area contributed by atoms with Gasteiger partial charge in [0, 0.05) is 30.9 Å². The van der Waals surface area contributed by atoms with Gasteiger partial charge in [0.1, 0.15) is 0 Å². The van der Waals surface area contributed by atoms with Gasteiger partial charge in [-0.1, -0.05) is 0 Å². The molecule has 26 heavy (non-hydrogen) atoms. The highest BCUT2D eigenvalue weighted by atomic mass is 16.5. The summed E-state index contributed by atoms with van der Waals surface area (Å²) in [6.45, 7) is 4.36. The first kappa shape index (κ1) is 18.8. The van der Waals surface area contributed by atoms with Gasteiger partial charge < -0.3 is 19.5 Å². The largest absolute Gasteiger partial charge is 0.469 e. The van der Waals surface area contributed by atoms with Gasteiger partial charge in [0.2, 0.25) is 11.9 Å². The van der Waals surface area contributed by atoms with Gasteiger partial charge in [-0.15, -0.1) is 0 Å². The number of likely N-dealkylation sites (tertiary alicyclic amines) is 1. The third kappa shape index (κ3) is 4.82. The van der Waals surface area contributed by atoms with Crippen LogP contribution in [0.3, 0.4) is 0 Å². The molecule has 2 aliphatic rings. The van der Waals surface area contributed by atoms with Crippen LogP contribution in [0.4, 0.5) is 5.95 Å². The van der Waals surface area contributed by atoms with Crippen molar-refractivity contribution in [1.29, 1.82) is 0 Å². The normalized spacial score (nSPS) is 20.0. The first-order valence-electron chi connectivity index (χ1n) is 9.51. The highest BCUT2D eigenvalue weighted by Crippen LogP contribution is 2.24. The molecule has 3 heterocycles. The predicted molar refractivity (Wildman–Crippen MR) is 97.8 cm³/mol. The Labute approximate surface area is 154 Å². The topological polar surface area (TPSA) is 88.5 Å². The number of imidazole rings is 1. The molecule has 144 valence electrons. The van der Waals surface area contributed by atoms with Crippen molar-refractivity contribution < 1.29 is 14.3 Å². The van der Waals surface area contributed by atoms with Crippen molar-refractivity contribution in [3.8, 4) is 0 Å². The lowest BCUT2D eigenvalue weighted by molar-refractivity contribution is -0.141. The molecular formula is C18H29N5O3. The maximum Gasteiger partial charge on any atom is 0.306 e. The fourth-order valence-electron chi connectivity index (χ4n) is 3.77. The summed E-state index contributed by atoms with van der Waals surface area (Å²) < 4.78 is 6.78. The van der Waals surface area contributed by atoms with E-state index >= 15 is 0 Å². The summed E-state index contributed by atoms with van der Waals surface area (Å²) >= 11 is 0. The summed E-state index contributed by atoms with van der Waals surface area (Å²) in [6, 6.07) is 0.397. The second-order valence-corrected chi connectivity index (χ2v) is 7.07. The van der Waals surface area contributed by atoms with Crippen LogP contribution in [0, 0.1) is 5.92 Å². The number of nitrogens with one attached hydrogen (secondary N) is 2. The van der Waals surface area contributed by atoms with Crippen molar-refractivity contribution in [2.45, 2.75) is 38.1 Å². The van der Waals surface area contributed by atoms with Crippen LogP contribution in [0.2, 0.25) is 0 Å². The molecule has 0 aromatic carbocycles. The van der Waals surface area contributed by atoms with Crippen molar-refractivity contribution in [2.75, 3.05) is 45.2 Å². The van der Waals surface area contributed by atoms with Crippen LogP contribution in [0.15, 0.2) is 12.4 Å². The number of anilines is 1. The Morgan fingerprint density at radius 1 is 1.27 bits per heavy atom. The van der Waals surface area contributed by atoms with Gasteiger partial charge in [0.05, 0.1) is 13.5 Å². The Balaban J connectivity index is 1.48. The average molecular weight is 363 g/mol. The zero-order chi connectivity index (χ0) is 18.4. The average Bonchev–Trinajstić information content (AvgIpc) is 3.15. The Hall–Kier alpha value is -1.93. The van der Waals surface area contributed by atoms with Crippen molar-refractivity contribution in [2.24, 2.45) is 5.92 Å². The molecule has 0 aliphatic carbocycles. The van der Waals surface area contributed by atoms with E-state index in [0.29, 0.717) is 25.0 Å². The molecule has 2 aliphatic heterocycles. The monoisotopic (exact) mass is 363 g/mol. The second-order valence-electron chi connectivity index (χ2n) is 7.07. The van der Waals surface area contributed by atoms with Crippen LogP contribution in [0.25, 0.3) is 0 Å². The van der Waals surface area contributed by atoms with Gasteiger partial charge >= 0.3 is 5.97 Å². The number of methoxy groups -OCH3 is 1. The predicted octanol–water partition coefficient (Wildman–Crippen LogP) is 1.02. The number of esters is 1. The molecule has 1 aromatic heterocycles. The van der Waals surface area contributed by atoms with Gasteiger partial charge in [-0.05, 0) is 51.9 Å². The van der Waals surface area contributed by atoms with E-state index in [-0.39, 0.29) is 17.8 Å². The Bertz CT molecular complexity index is 604. The van der Waals surface area contributed by atoms with Gasteiger partial charge in [-0.2, -0.15) is 0 Å². The highest BCUT2D eigenvalue weighted by molar-refractivity contribution is 5.91. The van der Waals surface area contributed by atoms with E-state index in [0.717, 1.165) is 51.9 Å². The van der Waals surface area contributed by atoms with Gasteiger partial charge in [0.15, 0.2) is 0 Å². The molecular weight excluding hydrogens is 334 g/mol. The minimum Gasteiger partial charge on any atom is -0.469 e. The van der Waals surface area contributed by atoms with Crippen LogP contribution in [0.1, 0.15) is 38.1 Å². The molecule has 0 bridgehead atoms. The third-order valence-electron chi connectivity index (χ3n) is 5.42. The maximum absolute atomic E-state index is 12.7. The van der Waals surface area contributed by atoms with E-state index in [2.05, 4.69) is 29.8 Å². The number of piperidine rings is 2. The van der Waals surface area contributed by atoms with Crippen LogP contribution in [-0.4, -0.2) is 66.2 Å². The van der Waals surface area contributed by atoms with E-state index in [1.54, 1.807) is 6.20 Å². The zero-order valence-electron chi connectivity index (χ0n) is 15.4. The summed E-state index contributed by atoms with van der Waals surface area (Å²) in [5, 5.41) is 6.39. The van der Waals surface area contributed by atoms with Crippen LogP contribution < -0.4 is 10.6 Å². The van der Waals surface area contributed by atoms with Crippen LogP contribution in [0.5, 0.6) is 0 Å². The number of rotatable bonds is 6. The lowest BCUT2D eigenvalue weighted by atomic mass is 9.96. The quantitative estimate of drug-likeness (QED) is 0.734. The number of hydrogen-bond acceptors (Lipinski definition) is 6. The van der Waals surface area contributed by atoms with Crippen LogP contribution >= 0.6 is 0 Å². The molecule has 0 spiro atoms. The molecule has 0 saturated carbocycles. The first-order valence-corrected chi connectivity index (χ1v) is 9.51. The fraction of sp³-hybridized carbons (Fsp3) is 0.722. The lowest BCUT2D eigenvalue weighted by Gasteiger charge is -2.31. The summed E-state index contributed by atoms with van der Waals surface area (Å²) in [5.41, 5.74) is 0. The molecule has 2 saturated heterocycles. The van der Waals surface area contributed by atoms with Crippen molar-refractivity contribution in [1.82, 2.24) is 19.8 Å². The second kappa shape index (κ2) is 9.14. The molecule has 3 rings (SSSR count). The van der Waals surface area contributed by atoms with Crippen molar-refractivity contribution in [3.05, 3.63) is 12.4 Å². The number of nitrogens with zero attached hydrogens (tertiary/aromatic N) is 3. The summed E-state index contributed by atoms with van der Waals surface area (Å²) in [7, 11) is 1.41. The number of ether oxygens (including phenoxy) is 1. The summed E-state index contributed by atoms with van der Waals surface area (Å²) in [6.07, 6.45) is 7.84. The standard InChI is InChI=1S/C18H29N5O3/c1-26-16(24)6-12-22-10-4-14(5-11-22)17(25)21-18-20-9-13-23(18)15-2-7-19-8-3-15/h9,13-15,19H,2-8,10-12H2,1H3,(H,20,21,25). The van der Waals surface area contributed by atoms with E-state index in [1.165, 1.54) is 7.11 Å². The zero-order valence-corrected chi connectivity index (χ0v) is 15.4. The summed E-state index contributed by atoms with van der Waals surface area (Å²) in [5.74, 6) is 0.534. The molecule has 1 aromatic rings. The fourth-order valence-corrected chi connectivity index (χ4v) is 3.77. The molecule has 8 heteroatoms. The first-order chi connectivity index (χ1) is 12.7. The third-order valence-corrected chi connectivity index (χ3v) is 5.42.